The molecule has 2 aromatic heterocycles. The summed E-state index contributed by atoms with van der Waals surface area (Å²) in [4.78, 5) is 12.3. The molecule has 0 saturated carbocycles. The molecule has 3 heterocycles. The van der Waals surface area contributed by atoms with Gasteiger partial charge < -0.3 is 4.90 Å². The van der Waals surface area contributed by atoms with Crippen LogP contribution in [-0.4, -0.2) is 58.7 Å². The Morgan fingerprint density at radius 2 is 1.73 bits per heavy atom. The third-order valence-corrected chi connectivity index (χ3v) is 8.80. The molecule has 0 radical (unpaired) electrons. The highest BCUT2D eigenvalue weighted by atomic mass is 35.5. The average molecular weight is 539 g/mol. The lowest BCUT2D eigenvalue weighted by Gasteiger charge is -2.35. The van der Waals surface area contributed by atoms with Crippen LogP contribution in [0.3, 0.4) is 0 Å². The topological polar surface area (TPSA) is 84.2 Å². The zero-order valence-electron chi connectivity index (χ0n) is 21.3. The van der Waals surface area contributed by atoms with Gasteiger partial charge in [0.1, 0.15) is 11.6 Å². The SMILES string of the molecule is Cc1ccc(S(=O)(=O)N2CCN(c3nc(CCC(C)C)nc4c3cnn4-c3cccc(Cl)c3)CC2)cc1. The van der Waals surface area contributed by atoms with Crippen LogP contribution in [0.15, 0.2) is 59.6 Å². The van der Waals surface area contributed by atoms with Crippen molar-refractivity contribution < 1.29 is 8.42 Å². The Morgan fingerprint density at radius 1 is 1.00 bits per heavy atom. The summed E-state index contributed by atoms with van der Waals surface area (Å²) in [5.74, 6) is 2.08. The van der Waals surface area contributed by atoms with Gasteiger partial charge in [-0.15, -0.1) is 0 Å². The second kappa shape index (κ2) is 10.4. The van der Waals surface area contributed by atoms with Gasteiger partial charge in [-0.05, 0) is 49.6 Å². The molecule has 1 saturated heterocycles. The molecule has 1 aliphatic rings. The quantitative estimate of drug-likeness (QED) is 0.333. The molecule has 0 unspecified atom stereocenters. The van der Waals surface area contributed by atoms with E-state index in [1.54, 1.807) is 27.3 Å². The maximum absolute atomic E-state index is 13.2. The highest BCUT2D eigenvalue weighted by molar-refractivity contribution is 7.89. The molecule has 4 aromatic rings. The first-order valence-corrected chi connectivity index (χ1v) is 14.4. The van der Waals surface area contributed by atoms with Crippen LogP contribution in [0.25, 0.3) is 16.7 Å². The van der Waals surface area contributed by atoms with Gasteiger partial charge in [0.25, 0.3) is 0 Å². The molecule has 10 heteroatoms. The number of aryl methyl sites for hydroxylation is 2. The first-order valence-electron chi connectivity index (χ1n) is 12.5. The van der Waals surface area contributed by atoms with Crippen molar-refractivity contribution in [3.8, 4) is 5.69 Å². The fourth-order valence-electron chi connectivity index (χ4n) is 4.50. The second-order valence-corrected chi connectivity index (χ2v) is 12.2. The number of nitrogens with zero attached hydrogens (tertiary/aromatic N) is 6. The van der Waals surface area contributed by atoms with E-state index in [-0.39, 0.29) is 0 Å². The zero-order chi connectivity index (χ0) is 26.2. The lowest BCUT2D eigenvalue weighted by molar-refractivity contribution is 0.384. The minimum atomic E-state index is -3.54. The lowest BCUT2D eigenvalue weighted by atomic mass is 10.1. The number of hydrogen-bond donors (Lipinski definition) is 0. The highest BCUT2D eigenvalue weighted by Crippen LogP contribution is 2.29. The van der Waals surface area contributed by atoms with Crippen LogP contribution >= 0.6 is 11.6 Å². The van der Waals surface area contributed by atoms with Crippen LogP contribution in [0.1, 0.15) is 31.7 Å². The van der Waals surface area contributed by atoms with E-state index in [2.05, 4.69) is 23.8 Å². The minimum Gasteiger partial charge on any atom is -0.353 e. The Hall–Kier alpha value is -3.01. The van der Waals surface area contributed by atoms with Gasteiger partial charge in [-0.3, -0.25) is 0 Å². The van der Waals surface area contributed by atoms with Gasteiger partial charge in [0.2, 0.25) is 10.0 Å². The second-order valence-electron chi connectivity index (χ2n) is 9.87. The molecule has 0 bridgehead atoms. The van der Waals surface area contributed by atoms with Crippen LogP contribution < -0.4 is 4.90 Å². The zero-order valence-corrected chi connectivity index (χ0v) is 22.9. The summed E-state index contributed by atoms with van der Waals surface area (Å²) in [6.07, 6.45) is 3.51. The van der Waals surface area contributed by atoms with Gasteiger partial charge in [-0.25, -0.2) is 23.1 Å². The Labute approximate surface area is 223 Å². The average Bonchev–Trinajstić information content (AvgIpc) is 3.31. The number of hydrogen-bond acceptors (Lipinski definition) is 6. The van der Waals surface area contributed by atoms with Crippen molar-refractivity contribution in [2.75, 3.05) is 31.1 Å². The van der Waals surface area contributed by atoms with Gasteiger partial charge in [0.15, 0.2) is 5.65 Å². The van der Waals surface area contributed by atoms with Gasteiger partial charge in [-0.1, -0.05) is 49.2 Å². The Kier molecular flexibility index (Phi) is 7.20. The van der Waals surface area contributed by atoms with E-state index in [0.717, 1.165) is 46.8 Å². The summed E-state index contributed by atoms with van der Waals surface area (Å²) in [6.45, 7) is 8.14. The number of anilines is 1. The number of rotatable bonds is 7. The normalized spacial score (nSPS) is 15.1. The fraction of sp³-hybridized carbons (Fsp3) is 0.370. The number of sulfonamides is 1. The highest BCUT2D eigenvalue weighted by Gasteiger charge is 2.30. The molecular weight excluding hydrogens is 508 g/mol. The molecule has 1 fully saturated rings. The van der Waals surface area contributed by atoms with E-state index in [9.17, 15) is 8.42 Å². The van der Waals surface area contributed by atoms with Crippen molar-refractivity contribution in [3.05, 3.63) is 71.1 Å². The molecular formula is C27H31ClN6O2S. The third kappa shape index (κ3) is 5.35. The van der Waals surface area contributed by atoms with E-state index in [1.165, 1.54) is 0 Å². The van der Waals surface area contributed by atoms with Crippen LogP contribution in [0.5, 0.6) is 0 Å². The molecule has 8 nitrogen and oxygen atoms in total. The number of fused-ring (bicyclic) bond motifs is 1. The first kappa shape index (κ1) is 25.6. The molecule has 0 spiro atoms. The van der Waals surface area contributed by atoms with Gasteiger partial charge in [-0.2, -0.15) is 9.40 Å². The van der Waals surface area contributed by atoms with Crippen molar-refractivity contribution in [3.63, 3.8) is 0 Å². The van der Waals surface area contributed by atoms with Crippen molar-refractivity contribution >= 4 is 38.5 Å². The first-order chi connectivity index (χ1) is 17.7. The summed E-state index contributed by atoms with van der Waals surface area (Å²) >= 11 is 6.25. The number of halogens is 1. The van der Waals surface area contributed by atoms with E-state index in [4.69, 9.17) is 21.6 Å². The van der Waals surface area contributed by atoms with Gasteiger partial charge in [0, 0.05) is 37.6 Å². The molecule has 2 aromatic carbocycles. The lowest BCUT2D eigenvalue weighted by Crippen LogP contribution is -2.49. The van der Waals surface area contributed by atoms with Gasteiger partial charge >= 0.3 is 0 Å². The summed E-state index contributed by atoms with van der Waals surface area (Å²) in [5.41, 5.74) is 2.58. The standard InChI is InChI=1S/C27H31ClN6O2S/c1-19(2)7-12-25-30-26(24-18-29-34(27(24)31-25)22-6-4-5-21(28)17-22)32-13-15-33(16-14-32)37(35,36)23-10-8-20(3)9-11-23/h4-6,8-11,17-19H,7,12-16H2,1-3H3. The number of piperazine rings is 1. The molecule has 0 atom stereocenters. The molecule has 194 valence electrons. The van der Waals surface area contributed by atoms with Crippen molar-refractivity contribution in [2.24, 2.45) is 5.92 Å². The van der Waals surface area contributed by atoms with Crippen LogP contribution in [0.4, 0.5) is 5.82 Å². The van der Waals surface area contributed by atoms with Crippen molar-refractivity contribution in [1.29, 1.82) is 0 Å². The van der Waals surface area contributed by atoms with Crippen LogP contribution in [0.2, 0.25) is 5.02 Å². The molecule has 5 rings (SSSR count). The van der Waals surface area contributed by atoms with Gasteiger partial charge in [0.05, 0.1) is 22.2 Å². The Balaban J connectivity index is 1.46. The number of aromatic nitrogens is 4. The van der Waals surface area contributed by atoms with E-state index in [1.807, 2.05) is 43.3 Å². The van der Waals surface area contributed by atoms with Crippen molar-refractivity contribution in [1.82, 2.24) is 24.1 Å². The molecule has 37 heavy (non-hydrogen) atoms. The van der Waals surface area contributed by atoms with Crippen LogP contribution in [0, 0.1) is 12.8 Å². The predicted molar refractivity (Wildman–Crippen MR) is 147 cm³/mol. The maximum atomic E-state index is 13.2. The largest absolute Gasteiger partial charge is 0.353 e. The molecule has 0 amide bonds. The smallest absolute Gasteiger partial charge is 0.243 e. The maximum Gasteiger partial charge on any atom is 0.243 e. The summed E-state index contributed by atoms with van der Waals surface area (Å²) < 4.78 is 29.8. The van der Waals surface area contributed by atoms with E-state index >= 15 is 0 Å². The molecule has 1 aliphatic heterocycles. The monoisotopic (exact) mass is 538 g/mol. The van der Waals surface area contributed by atoms with Crippen molar-refractivity contribution in [2.45, 2.75) is 38.5 Å². The fourth-order valence-corrected chi connectivity index (χ4v) is 6.11. The predicted octanol–water partition coefficient (Wildman–Crippen LogP) is 4.88. The molecule has 0 N–H and O–H groups in total. The Bertz CT molecular complexity index is 1510. The molecule has 0 aliphatic carbocycles. The minimum absolute atomic E-state index is 0.328. The van der Waals surface area contributed by atoms with E-state index in [0.29, 0.717) is 42.0 Å². The summed E-state index contributed by atoms with van der Waals surface area (Å²) in [7, 11) is -3.54. The van der Waals surface area contributed by atoms with E-state index < -0.39 is 10.0 Å². The summed E-state index contributed by atoms with van der Waals surface area (Å²) in [5, 5.41) is 6.08. The van der Waals surface area contributed by atoms with Crippen LogP contribution in [-0.2, 0) is 16.4 Å². The summed E-state index contributed by atoms with van der Waals surface area (Å²) in [6, 6.07) is 14.5. The third-order valence-electron chi connectivity index (χ3n) is 6.65. The number of benzene rings is 2. The Morgan fingerprint density at radius 3 is 2.41 bits per heavy atom.